The maximum absolute atomic E-state index is 13.8. The van der Waals surface area contributed by atoms with Gasteiger partial charge in [0.2, 0.25) is 0 Å². The predicted molar refractivity (Wildman–Crippen MR) is 134 cm³/mol. The molecule has 3 aromatic rings. The summed E-state index contributed by atoms with van der Waals surface area (Å²) < 4.78 is 67.2. The third kappa shape index (κ3) is 5.55. The Hall–Kier alpha value is -3.61. The zero-order valence-corrected chi connectivity index (χ0v) is 20.8. The minimum atomic E-state index is -4.44. The number of aliphatic hydroxyl groups excluding tert-OH is 1. The minimum Gasteiger partial charge on any atom is -0.509 e. The van der Waals surface area contributed by atoms with Crippen LogP contribution >= 0.6 is 0 Å². The van der Waals surface area contributed by atoms with Crippen LogP contribution in [-0.2, 0) is 12.6 Å². The van der Waals surface area contributed by atoms with Gasteiger partial charge in [-0.25, -0.2) is 8.78 Å². The molecule has 0 fully saturated rings. The molecule has 0 aliphatic carbocycles. The van der Waals surface area contributed by atoms with Crippen molar-refractivity contribution in [3.8, 4) is 0 Å². The number of nitrogens with zero attached hydrogens (tertiary/aromatic N) is 1. The van der Waals surface area contributed by atoms with Crippen LogP contribution in [0, 0.1) is 17.6 Å². The lowest BCUT2D eigenvalue weighted by molar-refractivity contribution is -0.137. The zero-order valence-electron chi connectivity index (χ0n) is 20.8. The first-order valence-corrected chi connectivity index (χ1v) is 12.0. The van der Waals surface area contributed by atoms with Crippen molar-refractivity contribution >= 4 is 5.57 Å². The molecule has 1 aliphatic rings. The average Bonchev–Trinajstić information content (AvgIpc) is 2.84. The smallest absolute Gasteiger partial charge is 0.416 e. The third-order valence-corrected chi connectivity index (χ3v) is 6.68. The van der Waals surface area contributed by atoms with Crippen molar-refractivity contribution in [1.82, 2.24) is 4.90 Å². The van der Waals surface area contributed by atoms with Crippen molar-refractivity contribution in [3.63, 3.8) is 0 Å². The summed E-state index contributed by atoms with van der Waals surface area (Å²) in [4.78, 5) is 1.93. The number of alkyl halides is 3. The van der Waals surface area contributed by atoms with E-state index in [0.717, 1.165) is 23.4 Å². The fourth-order valence-corrected chi connectivity index (χ4v) is 5.10. The highest BCUT2D eigenvalue weighted by molar-refractivity contribution is 5.83. The SMILES string of the molecule is CC(C)C1=C(CCc2cccc(C(F)(F)F)c2)C(c2ccc(F)cc2)=C(O)C(c2ccc(F)cc2)N1C. The van der Waals surface area contributed by atoms with E-state index in [0.29, 0.717) is 35.1 Å². The predicted octanol–water partition coefficient (Wildman–Crippen LogP) is 8.48. The first kappa shape index (κ1) is 26.5. The molecule has 0 bridgehead atoms. The molecule has 37 heavy (non-hydrogen) atoms. The molecule has 7 heteroatoms. The second-order valence-electron chi connectivity index (χ2n) is 9.55. The Morgan fingerprint density at radius 2 is 1.46 bits per heavy atom. The Morgan fingerprint density at radius 1 is 0.865 bits per heavy atom. The van der Waals surface area contributed by atoms with E-state index in [2.05, 4.69) is 0 Å². The summed E-state index contributed by atoms with van der Waals surface area (Å²) in [6.07, 6.45) is -3.78. The highest BCUT2D eigenvalue weighted by atomic mass is 19.4. The maximum Gasteiger partial charge on any atom is 0.416 e. The van der Waals surface area contributed by atoms with Crippen molar-refractivity contribution in [2.24, 2.45) is 5.92 Å². The van der Waals surface area contributed by atoms with E-state index < -0.39 is 29.4 Å². The van der Waals surface area contributed by atoms with Crippen molar-refractivity contribution in [3.05, 3.63) is 124 Å². The fraction of sp³-hybridized carbons (Fsp3) is 0.267. The largest absolute Gasteiger partial charge is 0.509 e. The average molecular weight is 514 g/mol. The molecule has 0 amide bonds. The van der Waals surface area contributed by atoms with Crippen LogP contribution in [0.1, 0.15) is 48.6 Å². The van der Waals surface area contributed by atoms with Gasteiger partial charge in [0, 0.05) is 18.3 Å². The van der Waals surface area contributed by atoms with Crippen LogP contribution in [0.5, 0.6) is 0 Å². The lowest BCUT2D eigenvalue weighted by Crippen LogP contribution is -2.33. The zero-order chi connectivity index (χ0) is 26.9. The van der Waals surface area contributed by atoms with E-state index in [1.54, 1.807) is 30.3 Å². The van der Waals surface area contributed by atoms with Gasteiger partial charge in [0.25, 0.3) is 0 Å². The van der Waals surface area contributed by atoms with E-state index in [1.807, 2.05) is 25.8 Å². The number of hydrogen-bond acceptors (Lipinski definition) is 2. The second-order valence-corrected chi connectivity index (χ2v) is 9.55. The van der Waals surface area contributed by atoms with Crippen molar-refractivity contribution in [2.45, 2.75) is 38.9 Å². The summed E-state index contributed by atoms with van der Waals surface area (Å²) >= 11 is 0. The molecule has 0 radical (unpaired) electrons. The quantitative estimate of drug-likeness (QED) is 0.334. The van der Waals surface area contributed by atoms with Gasteiger partial charge in [0.1, 0.15) is 23.4 Å². The summed E-state index contributed by atoms with van der Waals surface area (Å²) in [5.74, 6) is -0.812. The van der Waals surface area contributed by atoms with Crippen LogP contribution in [0.4, 0.5) is 22.0 Å². The molecule has 1 N–H and O–H groups in total. The van der Waals surface area contributed by atoms with Gasteiger partial charge < -0.3 is 10.0 Å². The second kappa shape index (κ2) is 10.4. The molecule has 0 spiro atoms. The molecule has 1 heterocycles. The van der Waals surface area contributed by atoms with Crippen LogP contribution in [0.15, 0.2) is 89.8 Å². The summed E-state index contributed by atoms with van der Waals surface area (Å²) in [5.41, 5.74) is 3.27. The number of halogens is 5. The van der Waals surface area contributed by atoms with Gasteiger partial charge in [-0.1, -0.05) is 56.3 Å². The van der Waals surface area contributed by atoms with Crippen molar-refractivity contribution < 1.29 is 27.1 Å². The van der Waals surface area contributed by atoms with Gasteiger partial charge in [-0.3, -0.25) is 0 Å². The third-order valence-electron chi connectivity index (χ3n) is 6.68. The Morgan fingerprint density at radius 3 is 2.03 bits per heavy atom. The van der Waals surface area contributed by atoms with Gasteiger partial charge in [0.05, 0.1) is 5.56 Å². The molecule has 0 saturated heterocycles. The minimum absolute atomic E-state index is 0.00648. The van der Waals surface area contributed by atoms with Gasteiger partial charge in [-0.15, -0.1) is 0 Å². The molecule has 2 nitrogen and oxygen atoms in total. The van der Waals surface area contributed by atoms with Crippen LogP contribution in [0.3, 0.4) is 0 Å². The molecule has 0 saturated carbocycles. The number of likely N-dealkylation sites (N-methyl/N-ethyl adjacent to an activating group) is 1. The van der Waals surface area contributed by atoms with E-state index in [9.17, 15) is 27.1 Å². The monoisotopic (exact) mass is 513 g/mol. The summed E-state index contributed by atoms with van der Waals surface area (Å²) in [7, 11) is 1.84. The molecule has 0 aromatic heterocycles. The summed E-state index contributed by atoms with van der Waals surface area (Å²) in [6, 6.07) is 16.3. The Kier molecular flexibility index (Phi) is 7.44. The summed E-state index contributed by atoms with van der Waals surface area (Å²) in [6.45, 7) is 4.00. The Bertz CT molecular complexity index is 1320. The van der Waals surface area contributed by atoms with E-state index in [1.165, 1.54) is 30.3 Å². The number of allylic oxidation sites excluding steroid dienone is 3. The number of aliphatic hydroxyl groups is 1. The van der Waals surface area contributed by atoms with Crippen molar-refractivity contribution in [1.29, 1.82) is 0 Å². The number of hydrogen-bond donors (Lipinski definition) is 1. The molecule has 3 aromatic carbocycles. The molecular weight excluding hydrogens is 485 g/mol. The molecule has 194 valence electrons. The lowest BCUT2D eigenvalue weighted by atomic mass is 9.81. The highest BCUT2D eigenvalue weighted by Gasteiger charge is 2.36. The van der Waals surface area contributed by atoms with Gasteiger partial charge in [0.15, 0.2) is 0 Å². The highest BCUT2D eigenvalue weighted by Crippen LogP contribution is 2.46. The first-order chi connectivity index (χ1) is 17.5. The normalized spacial score (nSPS) is 16.7. The van der Waals surface area contributed by atoms with Crippen LogP contribution in [0.2, 0.25) is 0 Å². The standard InChI is InChI=1S/C30H28F5NO/c1-18(2)27-25(16-7-19-5-4-6-22(17-19)30(33,34)35)26(20-8-12-23(31)13-9-20)29(37)28(36(27)3)21-10-14-24(32)15-11-21/h4-6,8-15,17-18,28,37H,7,16H2,1-3H3. The van der Waals surface area contributed by atoms with Gasteiger partial charge >= 0.3 is 6.18 Å². The molecule has 4 rings (SSSR count). The van der Waals surface area contributed by atoms with Crippen LogP contribution < -0.4 is 0 Å². The fourth-order valence-electron chi connectivity index (χ4n) is 5.10. The summed E-state index contributed by atoms with van der Waals surface area (Å²) in [5, 5.41) is 11.6. The maximum atomic E-state index is 13.8. The van der Waals surface area contributed by atoms with Gasteiger partial charge in [-0.05, 0) is 71.4 Å². The van der Waals surface area contributed by atoms with Crippen LogP contribution in [-0.4, -0.2) is 17.1 Å². The van der Waals surface area contributed by atoms with Crippen molar-refractivity contribution in [2.75, 3.05) is 7.05 Å². The van der Waals surface area contributed by atoms with E-state index in [4.69, 9.17) is 0 Å². The van der Waals surface area contributed by atoms with Gasteiger partial charge in [-0.2, -0.15) is 13.2 Å². The Balaban J connectivity index is 1.84. The number of aryl methyl sites for hydroxylation is 1. The lowest BCUT2D eigenvalue weighted by Gasteiger charge is -2.41. The van der Waals surface area contributed by atoms with Crippen LogP contribution in [0.25, 0.3) is 5.57 Å². The topological polar surface area (TPSA) is 23.5 Å². The van der Waals surface area contributed by atoms with E-state index in [-0.39, 0.29) is 11.7 Å². The van der Waals surface area contributed by atoms with E-state index >= 15 is 0 Å². The number of rotatable bonds is 6. The first-order valence-electron chi connectivity index (χ1n) is 12.0. The number of benzene rings is 3. The molecular formula is C30H28F5NO. The Labute approximate surface area is 213 Å². The molecule has 1 aliphatic heterocycles. The molecule has 1 atom stereocenters. The molecule has 1 unspecified atom stereocenters.